The molecule has 2 rings (SSSR count). The summed E-state index contributed by atoms with van der Waals surface area (Å²) in [6, 6.07) is 12.4. The molecule has 0 bridgehead atoms. The number of benzene rings is 1. The lowest BCUT2D eigenvalue weighted by Crippen LogP contribution is -2.40. The first-order chi connectivity index (χ1) is 9.85. The molecule has 112 valence electrons. The van der Waals surface area contributed by atoms with E-state index in [4.69, 9.17) is 0 Å². The van der Waals surface area contributed by atoms with Crippen molar-refractivity contribution in [1.82, 2.24) is 10.2 Å². The van der Waals surface area contributed by atoms with E-state index in [9.17, 15) is 0 Å². The van der Waals surface area contributed by atoms with E-state index < -0.39 is 0 Å². The summed E-state index contributed by atoms with van der Waals surface area (Å²) in [4.78, 5) is 2.71. The maximum Gasteiger partial charge on any atom is 0.0348 e. The molecule has 20 heavy (non-hydrogen) atoms. The predicted molar refractivity (Wildman–Crippen MR) is 87.0 cm³/mol. The van der Waals surface area contributed by atoms with Crippen LogP contribution in [0.4, 0.5) is 0 Å². The number of nitrogens with zero attached hydrogens (tertiary/aromatic N) is 1. The molecule has 2 heteroatoms. The lowest BCUT2D eigenvalue weighted by Gasteiger charge is -2.34. The molecule has 0 aromatic heterocycles. The third-order valence-corrected chi connectivity index (χ3v) is 4.32. The average Bonchev–Trinajstić information content (AvgIpc) is 2.98. The molecular formula is C18H30N2. The normalized spacial score (nSPS) is 20.4. The predicted octanol–water partition coefficient (Wildman–Crippen LogP) is 3.99. The fourth-order valence-corrected chi connectivity index (χ4v) is 3.37. The second-order valence-corrected chi connectivity index (χ2v) is 6.00. The van der Waals surface area contributed by atoms with Gasteiger partial charge in [-0.2, -0.15) is 0 Å². The first-order valence-electron chi connectivity index (χ1n) is 8.37. The van der Waals surface area contributed by atoms with Gasteiger partial charge in [-0.05, 0) is 44.3 Å². The summed E-state index contributed by atoms with van der Waals surface area (Å²) in [6.45, 7) is 8.20. The van der Waals surface area contributed by atoms with E-state index in [0.717, 1.165) is 0 Å². The molecule has 1 aromatic rings. The van der Waals surface area contributed by atoms with E-state index in [1.165, 1.54) is 57.3 Å². The fourth-order valence-electron chi connectivity index (χ4n) is 3.37. The monoisotopic (exact) mass is 274 g/mol. The van der Waals surface area contributed by atoms with Crippen LogP contribution in [-0.2, 0) is 0 Å². The molecule has 0 aliphatic carbocycles. The summed E-state index contributed by atoms with van der Waals surface area (Å²) in [5, 5.41) is 3.65. The van der Waals surface area contributed by atoms with Gasteiger partial charge in [0.2, 0.25) is 0 Å². The summed E-state index contributed by atoms with van der Waals surface area (Å²) >= 11 is 0. The zero-order valence-electron chi connectivity index (χ0n) is 13.1. The van der Waals surface area contributed by atoms with Crippen LogP contribution in [0.3, 0.4) is 0 Å². The average molecular weight is 274 g/mol. The summed E-state index contributed by atoms with van der Waals surface area (Å²) in [7, 11) is 0. The number of nitrogens with one attached hydrogen (secondary N) is 1. The molecule has 1 heterocycles. The Kier molecular flexibility index (Phi) is 6.55. The number of hydrogen-bond acceptors (Lipinski definition) is 2. The minimum absolute atomic E-state index is 0.587. The number of rotatable bonds is 8. The van der Waals surface area contributed by atoms with Crippen molar-refractivity contribution in [3.8, 4) is 0 Å². The van der Waals surface area contributed by atoms with Crippen LogP contribution in [0.2, 0.25) is 0 Å². The number of hydrogen-bond donors (Lipinski definition) is 1. The van der Waals surface area contributed by atoms with Gasteiger partial charge in [0.05, 0.1) is 0 Å². The first kappa shape index (κ1) is 15.5. The molecule has 2 unspecified atom stereocenters. The molecule has 1 fully saturated rings. The van der Waals surface area contributed by atoms with Crippen molar-refractivity contribution in [3.63, 3.8) is 0 Å². The van der Waals surface area contributed by atoms with Gasteiger partial charge >= 0.3 is 0 Å². The molecule has 1 aromatic carbocycles. The van der Waals surface area contributed by atoms with E-state index in [1.807, 2.05) is 0 Å². The summed E-state index contributed by atoms with van der Waals surface area (Å²) < 4.78 is 0. The van der Waals surface area contributed by atoms with Gasteiger partial charge in [0.1, 0.15) is 0 Å². The molecule has 2 nitrogen and oxygen atoms in total. The van der Waals surface area contributed by atoms with Crippen LogP contribution < -0.4 is 5.32 Å². The van der Waals surface area contributed by atoms with Gasteiger partial charge in [0.15, 0.2) is 0 Å². The Morgan fingerprint density at radius 2 is 2.00 bits per heavy atom. The van der Waals surface area contributed by atoms with Crippen LogP contribution in [0.15, 0.2) is 30.3 Å². The fraction of sp³-hybridized carbons (Fsp3) is 0.667. The van der Waals surface area contributed by atoms with Gasteiger partial charge in [-0.3, -0.25) is 4.90 Å². The molecule has 0 amide bonds. The smallest absolute Gasteiger partial charge is 0.0348 e. The second-order valence-electron chi connectivity index (χ2n) is 6.00. The van der Waals surface area contributed by atoms with Crippen LogP contribution in [0, 0.1) is 0 Å². The van der Waals surface area contributed by atoms with Crippen molar-refractivity contribution in [2.24, 2.45) is 0 Å². The van der Waals surface area contributed by atoms with Crippen molar-refractivity contribution in [2.45, 2.75) is 58.0 Å². The Morgan fingerprint density at radius 1 is 1.20 bits per heavy atom. The Balaban J connectivity index is 2.09. The van der Waals surface area contributed by atoms with Gasteiger partial charge in [-0.25, -0.2) is 0 Å². The molecule has 1 saturated heterocycles. The SMILES string of the molecule is CCCC(c1ccccc1)N(CCC)CC1CCCN1. The Bertz CT molecular complexity index is 357. The zero-order valence-corrected chi connectivity index (χ0v) is 13.1. The van der Waals surface area contributed by atoms with Crippen molar-refractivity contribution in [3.05, 3.63) is 35.9 Å². The molecule has 0 spiro atoms. The van der Waals surface area contributed by atoms with E-state index in [2.05, 4.69) is 54.4 Å². The molecule has 2 atom stereocenters. The highest BCUT2D eigenvalue weighted by Crippen LogP contribution is 2.26. The second kappa shape index (κ2) is 8.43. The quantitative estimate of drug-likeness (QED) is 0.771. The van der Waals surface area contributed by atoms with E-state index >= 15 is 0 Å². The van der Waals surface area contributed by atoms with E-state index in [-0.39, 0.29) is 0 Å². The molecule has 1 aliphatic rings. The maximum absolute atomic E-state index is 3.65. The third kappa shape index (κ3) is 4.32. The van der Waals surface area contributed by atoms with Gasteiger partial charge in [-0.1, -0.05) is 50.6 Å². The Morgan fingerprint density at radius 3 is 2.60 bits per heavy atom. The van der Waals surface area contributed by atoms with Crippen LogP contribution in [0.1, 0.15) is 57.6 Å². The highest BCUT2D eigenvalue weighted by molar-refractivity contribution is 5.19. The van der Waals surface area contributed by atoms with Crippen LogP contribution >= 0.6 is 0 Å². The highest BCUT2D eigenvalue weighted by atomic mass is 15.2. The largest absolute Gasteiger partial charge is 0.313 e. The minimum atomic E-state index is 0.587. The van der Waals surface area contributed by atoms with Gasteiger partial charge in [-0.15, -0.1) is 0 Å². The van der Waals surface area contributed by atoms with Crippen molar-refractivity contribution >= 4 is 0 Å². The van der Waals surface area contributed by atoms with Crippen molar-refractivity contribution < 1.29 is 0 Å². The summed E-state index contributed by atoms with van der Waals surface area (Å²) in [5.41, 5.74) is 1.49. The Labute approximate surface area is 124 Å². The molecule has 1 aliphatic heterocycles. The molecular weight excluding hydrogens is 244 g/mol. The topological polar surface area (TPSA) is 15.3 Å². The standard InChI is InChI=1S/C18H30N2/c1-3-9-18(16-10-6-5-7-11-16)20(14-4-2)15-17-12-8-13-19-17/h5-7,10-11,17-19H,3-4,8-9,12-15H2,1-2H3. The highest BCUT2D eigenvalue weighted by Gasteiger charge is 2.23. The van der Waals surface area contributed by atoms with Gasteiger partial charge in [0, 0.05) is 18.6 Å². The minimum Gasteiger partial charge on any atom is -0.313 e. The van der Waals surface area contributed by atoms with E-state index in [1.54, 1.807) is 0 Å². The zero-order chi connectivity index (χ0) is 14.2. The molecule has 1 N–H and O–H groups in total. The maximum atomic E-state index is 3.65. The van der Waals surface area contributed by atoms with E-state index in [0.29, 0.717) is 12.1 Å². The van der Waals surface area contributed by atoms with Crippen LogP contribution in [0.25, 0.3) is 0 Å². The molecule has 0 saturated carbocycles. The lowest BCUT2D eigenvalue weighted by atomic mass is 9.99. The summed E-state index contributed by atoms with van der Waals surface area (Å²) in [6.07, 6.45) is 6.43. The Hall–Kier alpha value is -0.860. The van der Waals surface area contributed by atoms with Crippen molar-refractivity contribution in [2.75, 3.05) is 19.6 Å². The molecule has 0 radical (unpaired) electrons. The van der Waals surface area contributed by atoms with Gasteiger partial charge < -0.3 is 5.32 Å². The lowest BCUT2D eigenvalue weighted by molar-refractivity contribution is 0.171. The van der Waals surface area contributed by atoms with Crippen LogP contribution in [-0.4, -0.2) is 30.6 Å². The van der Waals surface area contributed by atoms with Crippen LogP contribution in [0.5, 0.6) is 0 Å². The summed E-state index contributed by atoms with van der Waals surface area (Å²) in [5.74, 6) is 0. The first-order valence-corrected chi connectivity index (χ1v) is 8.37. The van der Waals surface area contributed by atoms with Gasteiger partial charge in [0.25, 0.3) is 0 Å². The van der Waals surface area contributed by atoms with Crippen molar-refractivity contribution in [1.29, 1.82) is 0 Å². The third-order valence-electron chi connectivity index (χ3n) is 4.32.